The van der Waals surface area contributed by atoms with E-state index in [1.807, 2.05) is 0 Å². The fourth-order valence-electron chi connectivity index (χ4n) is 12.4. The highest BCUT2D eigenvalue weighted by Gasteiger charge is 3.06. The van der Waals surface area contributed by atoms with Gasteiger partial charge in [0.15, 0.2) is 0 Å². The molecule has 0 heteroatoms. The van der Waals surface area contributed by atoms with Crippen LogP contribution in [-0.2, 0) is 0 Å². The summed E-state index contributed by atoms with van der Waals surface area (Å²) in [7, 11) is 0. The van der Waals surface area contributed by atoms with Crippen molar-refractivity contribution in [2.75, 3.05) is 0 Å². The van der Waals surface area contributed by atoms with Crippen LogP contribution in [0.25, 0.3) is 0 Å². The molecule has 7 atom stereocenters. The molecule has 0 aliphatic heterocycles. The minimum absolute atomic E-state index is 0.342. The SMILES string of the molecule is CC1C2(C)C(C)(C)C3(C)C1(C)C1(C)C(C)(C)C2(C)C(C)(C)C31C. The molecular formula is C23H40. The van der Waals surface area contributed by atoms with Gasteiger partial charge in [0, 0.05) is 0 Å². The third-order valence-electron chi connectivity index (χ3n) is 14.4. The van der Waals surface area contributed by atoms with Gasteiger partial charge in [-0.25, -0.2) is 0 Å². The Labute approximate surface area is 145 Å². The van der Waals surface area contributed by atoms with E-state index in [0.717, 1.165) is 5.92 Å². The molecule has 23 heavy (non-hydrogen) atoms. The monoisotopic (exact) mass is 316 g/mol. The number of hydrogen-bond acceptors (Lipinski definition) is 0. The summed E-state index contributed by atoms with van der Waals surface area (Å²) in [5, 5.41) is 0. The van der Waals surface area contributed by atoms with Crippen LogP contribution in [-0.4, -0.2) is 0 Å². The lowest BCUT2D eigenvalue weighted by Gasteiger charge is -2.84. The van der Waals surface area contributed by atoms with E-state index in [2.05, 4.69) is 90.0 Å². The van der Waals surface area contributed by atoms with Gasteiger partial charge in [-0.15, -0.1) is 0 Å². The number of rotatable bonds is 0. The van der Waals surface area contributed by atoms with Gasteiger partial charge in [-0.1, -0.05) is 90.0 Å². The van der Waals surface area contributed by atoms with E-state index in [9.17, 15) is 0 Å². The van der Waals surface area contributed by atoms with Crippen LogP contribution < -0.4 is 0 Å². The topological polar surface area (TPSA) is 0 Å². The first kappa shape index (κ1) is 16.5. The zero-order chi connectivity index (χ0) is 18.1. The lowest BCUT2D eigenvalue weighted by Crippen LogP contribution is -2.80. The molecule has 0 heterocycles. The predicted octanol–water partition coefficient (Wildman–Crippen LogP) is 6.79. The maximum Gasteiger partial charge on any atom is -0.0140 e. The van der Waals surface area contributed by atoms with Gasteiger partial charge in [-0.05, 0) is 54.7 Å². The summed E-state index contributed by atoms with van der Waals surface area (Å²) in [6.45, 7) is 34.4. The zero-order valence-electron chi connectivity index (χ0n) is 18.1. The molecule has 0 radical (unpaired) electrons. The van der Waals surface area contributed by atoms with Crippen LogP contribution in [0, 0.1) is 54.7 Å². The van der Waals surface area contributed by atoms with E-state index in [4.69, 9.17) is 0 Å². The fourth-order valence-corrected chi connectivity index (χ4v) is 12.4. The molecule has 0 spiro atoms. The quantitative estimate of drug-likeness (QED) is 0.461. The molecule has 5 aliphatic carbocycles. The van der Waals surface area contributed by atoms with Gasteiger partial charge >= 0.3 is 0 Å². The van der Waals surface area contributed by atoms with E-state index < -0.39 is 0 Å². The van der Waals surface area contributed by atoms with Crippen LogP contribution in [0.1, 0.15) is 90.0 Å². The molecule has 132 valence electrons. The molecule has 5 saturated carbocycles. The van der Waals surface area contributed by atoms with E-state index >= 15 is 0 Å². The highest BCUT2D eigenvalue weighted by molar-refractivity contribution is 5.52. The molecule has 0 saturated heterocycles. The summed E-state index contributed by atoms with van der Waals surface area (Å²) in [6, 6.07) is 0. The van der Waals surface area contributed by atoms with Crippen molar-refractivity contribution in [3.05, 3.63) is 0 Å². The first-order valence-corrected chi connectivity index (χ1v) is 9.90. The minimum Gasteiger partial charge on any atom is -0.0614 e. The molecular weight excluding hydrogens is 276 g/mol. The Kier molecular flexibility index (Phi) is 2.14. The van der Waals surface area contributed by atoms with Crippen molar-refractivity contribution in [1.29, 1.82) is 0 Å². The van der Waals surface area contributed by atoms with Crippen molar-refractivity contribution in [1.82, 2.24) is 0 Å². The molecule has 6 bridgehead atoms. The van der Waals surface area contributed by atoms with Crippen LogP contribution >= 0.6 is 0 Å². The Bertz CT molecular complexity index is 629. The van der Waals surface area contributed by atoms with E-state index in [0.29, 0.717) is 48.7 Å². The maximum absolute atomic E-state index is 2.68. The molecule has 5 fully saturated rings. The average molecular weight is 317 g/mol. The van der Waals surface area contributed by atoms with Crippen molar-refractivity contribution in [2.24, 2.45) is 54.7 Å². The van der Waals surface area contributed by atoms with E-state index in [1.165, 1.54) is 0 Å². The van der Waals surface area contributed by atoms with Crippen LogP contribution in [0.5, 0.6) is 0 Å². The smallest absolute Gasteiger partial charge is 0.0140 e. The Balaban J connectivity index is 2.31. The van der Waals surface area contributed by atoms with Gasteiger partial charge in [0.2, 0.25) is 0 Å². The second-order valence-corrected chi connectivity index (χ2v) is 12.5. The average Bonchev–Trinajstić information content (AvgIpc) is 2.53. The lowest BCUT2D eigenvalue weighted by molar-refractivity contribution is -0.372. The van der Waals surface area contributed by atoms with Crippen molar-refractivity contribution in [2.45, 2.75) is 90.0 Å². The summed E-state index contributed by atoms with van der Waals surface area (Å²) >= 11 is 0. The predicted molar refractivity (Wildman–Crippen MR) is 99.1 cm³/mol. The van der Waals surface area contributed by atoms with Gasteiger partial charge < -0.3 is 0 Å². The molecule has 0 nitrogen and oxygen atoms in total. The maximum atomic E-state index is 2.68. The molecule has 7 unspecified atom stereocenters. The second-order valence-electron chi connectivity index (χ2n) is 12.5. The Hall–Kier alpha value is 0. The Morgan fingerprint density at radius 3 is 1.17 bits per heavy atom. The molecule has 0 N–H and O–H groups in total. The minimum atomic E-state index is 0.342. The summed E-state index contributed by atoms with van der Waals surface area (Å²) < 4.78 is 0. The van der Waals surface area contributed by atoms with Gasteiger partial charge in [-0.2, -0.15) is 0 Å². The highest BCUT2D eigenvalue weighted by Crippen LogP contribution is 3.10. The van der Waals surface area contributed by atoms with Gasteiger partial charge in [0.05, 0.1) is 0 Å². The highest BCUT2D eigenvalue weighted by atomic mass is 15.1. The van der Waals surface area contributed by atoms with Crippen molar-refractivity contribution in [3.63, 3.8) is 0 Å². The Morgan fingerprint density at radius 1 is 0.391 bits per heavy atom. The first-order chi connectivity index (χ1) is 9.90. The molecule has 5 aliphatic rings. The van der Waals surface area contributed by atoms with Gasteiger partial charge in [-0.3, -0.25) is 0 Å². The van der Waals surface area contributed by atoms with Gasteiger partial charge in [0.1, 0.15) is 0 Å². The van der Waals surface area contributed by atoms with Crippen molar-refractivity contribution < 1.29 is 0 Å². The second kappa shape index (κ2) is 2.99. The fraction of sp³-hybridized carbons (Fsp3) is 1.00. The summed E-state index contributed by atoms with van der Waals surface area (Å²) in [4.78, 5) is 0. The molecule has 0 aromatic carbocycles. The number of hydrogen-bond donors (Lipinski definition) is 0. The summed E-state index contributed by atoms with van der Waals surface area (Å²) in [5.74, 6) is 0.771. The zero-order valence-corrected chi connectivity index (χ0v) is 18.1. The third-order valence-corrected chi connectivity index (χ3v) is 14.4. The van der Waals surface area contributed by atoms with Crippen molar-refractivity contribution in [3.8, 4) is 0 Å². The first-order valence-electron chi connectivity index (χ1n) is 9.90. The van der Waals surface area contributed by atoms with E-state index in [-0.39, 0.29) is 0 Å². The molecule has 0 aromatic heterocycles. The standard InChI is InChI=1S/C23H40/c1-14-18(8)15(2,3)21(11)19(14,9)22(12)16(4,5)20(18,10)17(6,7)23(21,22)13/h14H,1-13H3. The summed E-state index contributed by atoms with van der Waals surface area (Å²) in [5.41, 5.74) is 3.36. The molecule has 0 aromatic rings. The third kappa shape index (κ3) is 0.714. The molecule has 5 rings (SSSR count). The van der Waals surface area contributed by atoms with Crippen LogP contribution in [0.2, 0.25) is 0 Å². The van der Waals surface area contributed by atoms with Crippen LogP contribution in [0.4, 0.5) is 0 Å². The normalized spacial score (nSPS) is 69.0. The van der Waals surface area contributed by atoms with E-state index in [1.54, 1.807) is 0 Å². The largest absolute Gasteiger partial charge is 0.0614 e. The van der Waals surface area contributed by atoms with Crippen LogP contribution in [0.3, 0.4) is 0 Å². The van der Waals surface area contributed by atoms with Gasteiger partial charge in [0.25, 0.3) is 0 Å². The summed E-state index contributed by atoms with van der Waals surface area (Å²) in [6.07, 6.45) is 0. The lowest BCUT2D eigenvalue weighted by atomic mass is 9.20. The van der Waals surface area contributed by atoms with Crippen molar-refractivity contribution >= 4 is 0 Å². The van der Waals surface area contributed by atoms with Crippen LogP contribution in [0.15, 0.2) is 0 Å². The Morgan fingerprint density at radius 2 is 0.739 bits per heavy atom. The molecule has 0 amide bonds.